The topological polar surface area (TPSA) is 13.1 Å². The first kappa shape index (κ1) is 12.9. The van der Waals surface area contributed by atoms with Crippen LogP contribution in [0.2, 0.25) is 5.02 Å². The number of fused-ring (bicyclic) bond motifs is 3. The number of furan rings is 1. The molecule has 0 fully saturated rings. The van der Waals surface area contributed by atoms with Crippen LogP contribution < -0.4 is 0 Å². The van der Waals surface area contributed by atoms with Crippen LogP contribution in [-0.4, -0.2) is 0 Å². The fraction of sp³-hybridized carbons (Fsp3) is 0. The first-order valence-electron chi connectivity index (χ1n) is 6.59. The van der Waals surface area contributed by atoms with Crippen molar-refractivity contribution in [3.63, 3.8) is 0 Å². The second-order valence-electron chi connectivity index (χ2n) is 4.93. The van der Waals surface area contributed by atoms with Crippen molar-refractivity contribution < 1.29 is 4.42 Å². The number of benzene rings is 3. The number of halogens is 2. The molecule has 0 unspecified atom stereocenters. The van der Waals surface area contributed by atoms with E-state index in [1.807, 2.05) is 36.4 Å². The van der Waals surface area contributed by atoms with E-state index in [4.69, 9.17) is 16.0 Å². The third-order valence-corrected chi connectivity index (χ3v) is 4.44. The lowest BCUT2D eigenvalue weighted by Crippen LogP contribution is -1.74. The van der Waals surface area contributed by atoms with Crippen molar-refractivity contribution in [3.8, 4) is 11.3 Å². The zero-order chi connectivity index (χ0) is 14.4. The van der Waals surface area contributed by atoms with E-state index in [2.05, 4.69) is 40.2 Å². The molecule has 0 bridgehead atoms. The molecular formula is C18H10BrClO. The van der Waals surface area contributed by atoms with E-state index in [0.29, 0.717) is 5.02 Å². The smallest absolute Gasteiger partial charge is 0.136 e. The van der Waals surface area contributed by atoms with Gasteiger partial charge in [-0.2, -0.15) is 0 Å². The standard InChI is InChI=1S/C18H10BrClO/c19-12-6-7-13-11(9-12)5-8-17-15(13)10-18(21-17)14-3-1-2-4-16(14)20/h1-10H. The predicted octanol–water partition coefficient (Wildman–Crippen LogP) is 6.67. The van der Waals surface area contributed by atoms with Gasteiger partial charge < -0.3 is 4.42 Å². The quantitative estimate of drug-likeness (QED) is 0.371. The van der Waals surface area contributed by atoms with Gasteiger partial charge in [-0.05, 0) is 47.2 Å². The molecule has 0 saturated heterocycles. The van der Waals surface area contributed by atoms with Crippen molar-refractivity contribution in [2.75, 3.05) is 0 Å². The largest absolute Gasteiger partial charge is 0.456 e. The molecule has 0 aliphatic heterocycles. The van der Waals surface area contributed by atoms with Crippen LogP contribution in [-0.2, 0) is 0 Å². The molecule has 4 aromatic rings. The van der Waals surface area contributed by atoms with Gasteiger partial charge in [0.15, 0.2) is 0 Å². The molecule has 4 rings (SSSR count). The van der Waals surface area contributed by atoms with Crippen molar-refractivity contribution in [3.05, 3.63) is 70.2 Å². The summed E-state index contributed by atoms with van der Waals surface area (Å²) >= 11 is 9.77. The van der Waals surface area contributed by atoms with Gasteiger partial charge in [0.1, 0.15) is 11.3 Å². The zero-order valence-electron chi connectivity index (χ0n) is 10.9. The monoisotopic (exact) mass is 356 g/mol. The predicted molar refractivity (Wildman–Crippen MR) is 91.9 cm³/mol. The number of hydrogen-bond donors (Lipinski definition) is 0. The van der Waals surface area contributed by atoms with E-state index in [0.717, 1.165) is 26.8 Å². The summed E-state index contributed by atoms with van der Waals surface area (Å²) in [6.45, 7) is 0. The van der Waals surface area contributed by atoms with Crippen molar-refractivity contribution in [1.82, 2.24) is 0 Å². The van der Waals surface area contributed by atoms with E-state index < -0.39 is 0 Å². The van der Waals surface area contributed by atoms with Crippen LogP contribution in [0.5, 0.6) is 0 Å². The van der Waals surface area contributed by atoms with E-state index in [-0.39, 0.29) is 0 Å². The summed E-state index contributed by atoms with van der Waals surface area (Å²) in [7, 11) is 0. The minimum atomic E-state index is 0.698. The Balaban J connectivity index is 2.02. The Morgan fingerprint density at radius 2 is 1.71 bits per heavy atom. The summed E-state index contributed by atoms with van der Waals surface area (Å²) in [5.41, 5.74) is 1.79. The number of rotatable bonds is 1. The molecule has 0 aliphatic rings. The Kier molecular flexibility index (Phi) is 3.02. The van der Waals surface area contributed by atoms with Gasteiger partial charge in [-0.25, -0.2) is 0 Å². The summed E-state index contributed by atoms with van der Waals surface area (Å²) in [5, 5.41) is 4.17. The van der Waals surface area contributed by atoms with Crippen molar-refractivity contribution in [2.24, 2.45) is 0 Å². The molecule has 1 heterocycles. The highest BCUT2D eigenvalue weighted by atomic mass is 79.9. The Morgan fingerprint density at radius 1 is 0.857 bits per heavy atom. The van der Waals surface area contributed by atoms with Crippen LogP contribution in [0.1, 0.15) is 0 Å². The first-order chi connectivity index (χ1) is 10.2. The molecule has 0 radical (unpaired) electrons. The SMILES string of the molecule is Clc1ccccc1-c1cc2c(ccc3cc(Br)ccc32)o1. The van der Waals surface area contributed by atoms with Crippen LogP contribution in [0.3, 0.4) is 0 Å². The molecule has 0 aliphatic carbocycles. The highest BCUT2D eigenvalue weighted by molar-refractivity contribution is 9.10. The maximum absolute atomic E-state index is 6.26. The minimum Gasteiger partial charge on any atom is -0.456 e. The van der Waals surface area contributed by atoms with Gasteiger partial charge in [0.25, 0.3) is 0 Å². The van der Waals surface area contributed by atoms with Crippen LogP contribution in [0.25, 0.3) is 33.1 Å². The first-order valence-corrected chi connectivity index (χ1v) is 7.76. The highest BCUT2D eigenvalue weighted by Gasteiger charge is 2.11. The van der Waals surface area contributed by atoms with E-state index in [1.54, 1.807) is 0 Å². The molecule has 0 spiro atoms. The van der Waals surface area contributed by atoms with E-state index in [9.17, 15) is 0 Å². The van der Waals surface area contributed by atoms with Gasteiger partial charge in [-0.1, -0.05) is 51.8 Å². The summed E-state index contributed by atoms with van der Waals surface area (Å²) in [5.74, 6) is 0.797. The average molecular weight is 358 g/mol. The Hall–Kier alpha value is -1.77. The molecule has 3 aromatic carbocycles. The molecule has 3 heteroatoms. The zero-order valence-corrected chi connectivity index (χ0v) is 13.3. The van der Waals surface area contributed by atoms with Gasteiger partial charge in [0.2, 0.25) is 0 Å². The van der Waals surface area contributed by atoms with Crippen molar-refractivity contribution >= 4 is 49.3 Å². The highest BCUT2D eigenvalue weighted by Crippen LogP contribution is 2.36. The molecule has 1 nitrogen and oxygen atoms in total. The summed E-state index contributed by atoms with van der Waals surface area (Å²) < 4.78 is 7.05. The fourth-order valence-electron chi connectivity index (χ4n) is 2.62. The summed E-state index contributed by atoms with van der Waals surface area (Å²) in [6.07, 6.45) is 0. The van der Waals surface area contributed by atoms with Gasteiger partial charge in [-0.3, -0.25) is 0 Å². The summed E-state index contributed by atoms with van der Waals surface area (Å²) in [4.78, 5) is 0. The maximum Gasteiger partial charge on any atom is 0.136 e. The average Bonchev–Trinajstić information content (AvgIpc) is 2.91. The molecule has 21 heavy (non-hydrogen) atoms. The Bertz CT molecular complexity index is 971. The van der Waals surface area contributed by atoms with Gasteiger partial charge in [0, 0.05) is 15.4 Å². The maximum atomic E-state index is 6.26. The second kappa shape index (κ2) is 4.90. The lowest BCUT2D eigenvalue weighted by Gasteiger charge is -1.99. The van der Waals surface area contributed by atoms with Crippen LogP contribution in [0, 0.1) is 0 Å². The lowest BCUT2D eigenvalue weighted by atomic mass is 10.1. The second-order valence-corrected chi connectivity index (χ2v) is 6.26. The van der Waals surface area contributed by atoms with E-state index >= 15 is 0 Å². The van der Waals surface area contributed by atoms with Gasteiger partial charge >= 0.3 is 0 Å². The molecule has 0 amide bonds. The Morgan fingerprint density at radius 3 is 2.57 bits per heavy atom. The third kappa shape index (κ3) is 2.15. The molecular weight excluding hydrogens is 348 g/mol. The summed E-state index contributed by atoms with van der Waals surface area (Å²) in [6, 6.07) is 20.1. The molecule has 0 N–H and O–H groups in total. The van der Waals surface area contributed by atoms with E-state index in [1.165, 1.54) is 10.8 Å². The molecule has 0 atom stereocenters. The van der Waals surface area contributed by atoms with Crippen molar-refractivity contribution in [1.29, 1.82) is 0 Å². The molecule has 0 saturated carbocycles. The van der Waals surface area contributed by atoms with Crippen LogP contribution in [0.4, 0.5) is 0 Å². The Labute approximate surface area is 135 Å². The fourth-order valence-corrected chi connectivity index (χ4v) is 3.22. The minimum absolute atomic E-state index is 0.698. The lowest BCUT2D eigenvalue weighted by molar-refractivity contribution is 0.632. The normalized spacial score (nSPS) is 11.3. The van der Waals surface area contributed by atoms with Crippen LogP contribution >= 0.6 is 27.5 Å². The third-order valence-electron chi connectivity index (χ3n) is 3.62. The van der Waals surface area contributed by atoms with Gasteiger partial charge in [-0.15, -0.1) is 0 Å². The number of hydrogen-bond acceptors (Lipinski definition) is 1. The molecule has 1 aromatic heterocycles. The molecule has 102 valence electrons. The van der Waals surface area contributed by atoms with Gasteiger partial charge in [0.05, 0.1) is 5.02 Å². The van der Waals surface area contributed by atoms with Crippen LogP contribution in [0.15, 0.2) is 69.6 Å². The van der Waals surface area contributed by atoms with Crippen molar-refractivity contribution in [2.45, 2.75) is 0 Å².